The molecule has 0 atom stereocenters. The Hall–Kier alpha value is -4.05. The van der Waals surface area contributed by atoms with Crippen LogP contribution < -0.4 is 15.0 Å². The van der Waals surface area contributed by atoms with Crippen LogP contribution in [0.3, 0.4) is 0 Å². The lowest BCUT2D eigenvalue weighted by atomic mass is 10.1. The number of ether oxygens (including phenoxy) is 1. The number of benzene rings is 2. The number of pyridine rings is 1. The molecule has 0 saturated heterocycles. The van der Waals surface area contributed by atoms with Gasteiger partial charge in [-0.3, -0.25) is 18.8 Å². The number of aryl methyl sites for hydroxylation is 1. The highest BCUT2D eigenvalue weighted by Gasteiger charge is 2.20. The molecule has 3 amide bonds. The minimum Gasteiger partial charge on any atom is -0.485 e. The highest BCUT2D eigenvalue weighted by molar-refractivity contribution is 6.38. The topological polar surface area (TPSA) is 96.2 Å². The maximum atomic E-state index is 12.9. The van der Waals surface area contributed by atoms with E-state index in [2.05, 4.69) is 10.3 Å². The van der Waals surface area contributed by atoms with Gasteiger partial charge in [0, 0.05) is 49.6 Å². The summed E-state index contributed by atoms with van der Waals surface area (Å²) in [4.78, 5) is 44.5. The van der Waals surface area contributed by atoms with Crippen molar-refractivity contribution in [3.8, 4) is 5.75 Å². The molecule has 2 aromatic carbocycles. The zero-order valence-electron chi connectivity index (χ0n) is 23.3. The standard InChI is InChI=1S/C30H28Cl3N5O4/c1-18-28(33)38-15-5-6-24(29(38)35-18)42-17-21-22(31)12-13-23(27(21)32)37(4)26(40)16-34-25(39)14-9-19-7-10-20(11-8-19)30(41)36(2)3/h5-15H,16-17H2,1-4H3,(H,34,39). The van der Waals surface area contributed by atoms with Crippen LogP contribution in [0.15, 0.2) is 60.8 Å². The van der Waals surface area contributed by atoms with Gasteiger partial charge in [0.25, 0.3) is 5.91 Å². The summed E-state index contributed by atoms with van der Waals surface area (Å²) < 4.78 is 7.72. The third kappa shape index (κ3) is 6.87. The molecule has 0 aliphatic rings. The van der Waals surface area contributed by atoms with Crippen LogP contribution in [0.5, 0.6) is 5.75 Å². The number of nitrogens with zero attached hydrogens (tertiary/aromatic N) is 4. The fourth-order valence-electron chi connectivity index (χ4n) is 4.01. The number of fused-ring (bicyclic) bond motifs is 1. The van der Waals surface area contributed by atoms with E-state index in [0.29, 0.717) is 44.1 Å². The van der Waals surface area contributed by atoms with Crippen LogP contribution in [0.2, 0.25) is 15.2 Å². The second-order valence-corrected chi connectivity index (χ2v) is 10.7. The predicted molar refractivity (Wildman–Crippen MR) is 166 cm³/mol. The van der Waals surface area contributed by atoms with Crippen LogP contribution in [0.1, 0.15) is 27.2 Å². The molecule has 218 valence electrons. The van der Waals surface area contributed by atoms with E-state index in [1.165, 1.54) is 15.9 Å². The van der Waals surface area contributed by atoms with Gasteiger partial charge in [0.1, 0.15) is 11.8 Å². The van der Waals surface area contributed by atoms with Crippen molar-refractivity contribution in [3.05, 3.63) is 98.4 Å². The molecule has 0 saturated carbocycles. The number of aromatic nitrogens is 2. The van der Waals surface area contributed by atoms with E-state index in [-0.39, 0.29) is 24.1 Å². The SMILES string of the molecule is Cc1nc2c(OCc3c(Cl)ccc(N(C)C(=O)CNC(=O)C=Cc4ccc(C(=O)N(C)C)cc4)c3Cl)cccn2c1Cl. The number of imidazole rings is 1. The second-order valence-electron chi connectivity index (χ2n) is 9.53. The summed E-state index contributed by atoms with van der Waals surface area (Å²) in [6.45, 7) is 1.56. The molecule has 4 aromatic rings. The van der Waals surface area contributed by atoms with Crippen molar-refractivity contribution in [1.29, 1.82) is 0 Å². The first-order valence-electron chi connectivity index (χ1n) is 12.7. The van der Waals surface area contributed by atoms with E-state index < -0.39 is 11.8 Å². The third-order valence-corrected chi connectivity index (χ3v) is 7.62. The highest BCUT2D eigenvalue weighted by Crippen LogP contribution is 2.35. The van der Waals surface area contributed by atoms with Crippen molar-refractivity contribution >= 4 is 69.9 Å². The van der Waals surface area contributed by atoms with Crippen molar-refractivity contribution in [2.45, 2.75) is 13.5 Å². The van der Waals surface area contributed by atoms with Crippen molar-refractivity contribution in [3.63, 3.8) is 0 Å². The van der Waals surface area contributed by atoms with Crippen LogP contribution in [0.4, 0.5) is 5.69 Å². The summed E-state index contributed by atoms with van der Waals surface area (Å²) >= 11 is 19.4. The van der Waals surface area contributed by atoms with Crippen LogP contribution in [0.25, 0.3) is 11.7 Å². The van der Waals surface area contributed by atoms with Gasteiger partial charge in [-0.1, -0.05) is 46.9 Å². The molecular formula is C30H28Cl3N5O4. The molecule has 9 nitrogen and oxygen atoms in total. The van der Waals surface area contributed by atoms with Gasteiger partial charge in [-0.2, -0.15) is 0 Å². The molecule has 12 heteroatoms. The Labute approximate surface area is 258 Å². The molecule has 0 aliphatic carbocycles. The third-order valence-electron chi connectivity index (χ3n) is 6.39. The number of anilines is 1. The Bertz CT molecular complexity index is 1680. The maximum Gasteiger partial charge on any atom is 0.253 e. The maximum absolute atomic E-state index is 12.9. The summed E-state index contributed by atoms with van der Waals surface area (Å²) in [5.74, 6) is -0.473. The molecule has 1 N–H and O–H groups in total. The number of likely N-dealkylation sites (N-methyl/N-ethyl adjacent to an activating group) is 1. The lowest BCUT2D eigenvalue weighted by Gasteiger charge is -2.21. The summed E-state index contributed by atoms with van der Waals surface area (Å²) in [5.41, 5.74) is 3.38. The van der Waals surface area contributed by atoms with Gasteiger partial charge in [0.2, 0.25) is 11.8 Å². The minimum absolute atomic E-state index is 0.0164. The van der Waals surface area contributed by atoms with Gasteiger partial charge in [0.15, 0.2) is 11.4 Å². The fraction of sp³-hybridized carbons (Fsp3) is 0.200. The quantitative estimate of drug-likeness (QED) is 0.241. The van der Waals surface area contributed by atoms with Crippen molar-refractivity contribution < 1.29 is 19.1 Å². The number of hydrogen-bond acceptors (Lipinski definition) is 5. The molecule has 2 heterocycles. The number of nitrogens with one attached hydrogen (secondary N) is 1. The van der Waals surface area contributed by atoms with Gasteiger partial charge in [-0.15, -0.1) is 0 Å². The zero-order chi connectivity index (χ0) is 30.6. The van der Waals surface area contributed by atoms with Gasteiger partial charge in [0.05, 0.1) is 22.9 Å². The average molecular weight is 629 g/mol. The van der Waals surface area contributed by atoms with E-state index in [0.717, 1.165) is 5.56 Å². The normalized spacial score (nSPS) is 11.1. The number of amides is 3. The first-order chi connectivity index (χ1) is 20.0. The fourth-order valence-corrected chi connectivity index (χ4v) is 4.79. The first kappa shape index (κ1) is 30.9. The predicted octanol–water partition coefficient (Wildman–Crippen LogP) is 5.68. The van der Waals surface area contributed by atoms with Crippen LogP contribution in [-0.4, -0.2) is 59.7 Å². The summed E-state index contributed by atoms with van der Waals surface area (Å²) in [6.07, 6.45) is 4.69. The lowest BCUT2D eigenvalue weighted by Crippen LogP contribution is -2.37. The molecule has 0 aliphatic heterocycles. The van der Waals surface area contributed by atoms with E-state index in [9.17, 15) is 14.4 Å². The minimum atomic E-state index is -0.454. The lowest BCUT2D eigenvalue weighted by molar-refractivity contribution is -0.122. The summed E-state index contributed by atoms with van der Waals surface area (Å²) in [5, 5.41) is 3.67. The molecule has 0 radical (unpaired) electrons. The molecule has 0 spiro atoms. The molecule has 0 fully saturated rings. The van der Waals surface area contributed by atoms with E-state index in [1.807, 2.05) is 0 Å². The van der Waals surface area contributed by atoms with Crippen LogP contribution in [0, 0.1) is 6.92 Å². The monoisotopic (exact) mass is 627 g/mol. The van der Waals surface area contributed by atoms with Gasteiger partial charge in [-0.05, 0) is 55.0 Å². The van der Waals surface area contributed by atoms with Crippen LogP contribution >= 0.6 is 34.8 Å². The first-order valence-corrected chi connectivity index (χ1v) is 13.9. The average Bonchev–Trinajstić information content (AvgIpc) is 3.27. The molecule has 4 rings (SSSR count). The Kier molecular flexibility index (Phi) is 9.78. The molecule has 2 aromatic heterocycles. The van der Waals surface area contributed by atoms with Gasteiger partial charge < -0.3 is 19.9 Å². The number of carbonyl (C=O) groups is 3. The Morgan fingerprint density at radius 1 is 1.02 bits per heavy atom. The van der Waals surface area contributed by atoms with Gasteiger partial charge in [-0.25, -0.2) is 4.98 Å². The Morgan fingerprint density at radius 3 is 2.43 bits per heavy atom. The number of halogens is 3. The summed E-state index contributed by atoms with van der Waals surface area (Å²) in [6, 6.07) is 13.6. The van der Waals surface area contributed by atoms with Crippen molar-refractivity contribution in [1.82, 2.24) is 19.6 Å². The van der Waals surface area contributed by atoms with E-state index >= 15 is 0 Å². The van der Waals surface area contributed by atoms with Crippen LogP contribution in [-0.2, 0) is 16.2 Å². The smallest absolute Gasteiger partial charge is 0.253 e. The molecule has 0 unspecified atom stereocenters. The zero-order valence-corrected chi connectivity index (χ0v) is 25.6. The number of hydrogen-bond donors (Lipinski definition) is 1. The van der Waals surface area contributed by atoms with E-state index in [1.54, 1.807) is 93.3 Å². The summed E-state index contributed by atoms with van der Waals surface area (Å²) in [7, 11) is 4.90. The van der Waals surface area contributed by atoms with Crippen molar-refractivity contribution in [2.75, 3.05) is 32.6 Å². The number of carbonyl (C=O) groups excluding carboxylic acids is 3. The van der Waals surface area contributed by atoms with E-state index in [4.69, 9.17) is 39.5 Å². The molecule has 0 bridgehead atoms. The molecule has 42 heavy (non-hydrogen) atoms. The molecular weight excluding hydrogens is 601 g/mol. The van der Waals surface area contributed by atoms with Gasteiger partial charge >= 0.3 is 0 Å². The number of rotatable bonds is 9. The largest absolute Gasteiger partial charge is 0.485 e. The highest BCUT2D eigenvalue weighted by atomic mass is 35.5. The Balaban J connectivity index is 1.38. The van der Waals surface area contributed by atoms with Crippen molar-refractivity contribution in [2.24, 2.45) is 0 Å². The Morgan fingerprint density at radius 2 is 1.74 bits per heavy atom. The second kappa shape index (κ2) is 13.3.